The van der Waals surface area contributed by atoms with Crippen LogP contribution in [0.4, 0.5) is 14.9 Å². The van der Waals surface area contributed by atoms with Crippen LogP contribution in [0.1, 0.15) is 17.0 Å². The van der Waals surface area contributed by atoms with E-state index in [-0.39, 0.29) is 18.5 Å². The Morgan fingerprint density at radius 2 is 2.04 bits per heavy atom. The maximum absolute atomic E-state index is 13.2. The lowest BCUT2D eigenvalue weighted by molar-refractivity contribution is 0.219. The summed E-state index contributed by atoms with van der Waals surface area (Å²) in [6.45, 7) is 2.37. The second kappa shape index (κ2) is 8.35. The van der Waals surface area contributed by atoms with Gasteiger partial charge in [0.05, 0.1) is 6.54 Å². The molecule has 1 heterocycles. The van der Waals surface area contributed by atoms with Crippen LogP contribution in [0.25, 0.3) is 0 Å². The van der Waals surface area contributed by atoms with Gasteiger partial charge >= 0.3 is 6.03 Å². The van der Waals surface area contributed by atoms with Gasteiger partial charge in [0.1, 0.15) is 29.6 Å². The SMILES string of the molecule is Cc1cc(CN(C)C(=O)Nc2cccc(OCc3cccc(F)c3)c2)no1. The number of benzene rings is 2. The summed E-state index contributed by atoms with van der Waals surface area (Å²) in [4.78, 5) is 13.8. The molecule has 0 aliphatic heterocycles. The lowest BCUT2D eigenvalue weighted by Crippen LogP contribution is -2.30. The zero-order valence-electron chi connectivity index (χ0n) is 15.1. The molecule has 0 saturated carbocycles. The van der Waals surface area contributed by atoms with E-state index in [0.717, 1.165) is 5.56 Å². The van der Waals surface area contributed by atoms with E-state index >= 15 is 0 Å². The maximum Gasteiger partial charge on any atom is 0.321 e. The van der Waals surface area contributed by atoms with E-state index in [0.29, 0.717) is 29.4 Å². The standard InChI is InChI=1S/C20H20FN3O3/c1-14-9-18(23-27-14)12-24(2)20(25)22-17-7-4-8-19(11-17)26-13-15-5-3-6-16(21)10-15/h3-11H,12-13H2,1-2H3,(H,22,25). The van der Waals surface area contributed by atoms with E-state index in [1.165, 1.54) is 17.0 Å². The Morgan fingerprint density at radius 3 is 2.78 bits per heavy atom. The predicted molar refractivity (Wildman–Crippen MR) is 98.9 cm³/mol. The molecule has 0 aliphatic rings. The fourth-order valence-corrected chi connectivity index (χ4v) is 2.48. The van der Waals surface area contributed by atoms with Crippen molar-refractivity contribution in [3.8, 4) is 5.75 Å². The molecule has 2 aromatic carbocycles. The van der Waals surface area contributed by atoms with Gasteiger partial charge in [-0.25, -0.2) is 9.18 Å². The molecule has 140 valence electrons. The van der Waals surface area contributed by atoms with Crippen LogP contribution in [0, 0.1) is 12.7 Å². The summed E-state index contributed by atoms with van der Waals surface area (Å²) in [5.41, 5.74) is 2.00. The van der Waals surface area contributed by atoms with Gasteiger partial charge in [-0.2, -0.15) is 0 Å². The van der Waals surface area contributed by atoms with Crippen molar-refractivity contribution in [3.63, 3.8) is 0 Å². The zero-order valence-corrected chi connectivity index (χ0v) is 15.1. The van der Waals surface area contributed by atoms with Crippen LogP contribution in [0.5, 0.6) is 5.75 Å². The van der Waals surface area contributed by atoms with Crippen molar-refractivity contribution in [2.24, 2.45) is 0 Å². The monoisotopic (exact) mass is 369 g/mol. The minimum Gasteiger partial charge on any atom is -0.489 e. The van der Waals surface area contributed by atoms with E-state index in [4.69, 9.17) is 9.26 Å². The summed E-state index contributed by atoms with van der Waals surface area (Å²) in [6, 6.07) is 14.8. The second-order valence-corrected chi connectivity index (χ2v) is 6.16. The molecular formula is C20H20FN3O3. The lowest BCUT2D eigenvalue weighted by atomic mass is 10.2. The number of nitrogens with zero attached hydrogens (tertiary/aromatic N) is 2. The first-order valence-electron chi connectivity index (χ1n) is 8.41. The van der Waals surface area contributed by atoms with Gasteiger partial charge in [-0.1, -0.05) is 23.4 Å². The molecule has 0 atom stereocenters. The number of halogens is 1. The van der Waals surface area contributed by atoms with Gasteiger partial charge in [-0.15, -0.1) is 0 Å². The smallest absolute Gasteiger partial charge is 0.321 e. The molecule has 0 spiro atoms. The van der Waals surface area contributed by atoms with E-state index in [2.05, 4.69) is 10.5 Å². The Morgan fingerprint density at radius 1 is 1.22 bits per heavy atom. The number of nitrogens with one attached hydrogen (secondary N) is 1. The highest BCUT2D eigenvalue weighted by Gasteiger charge is 2.12. The highest BCUT2D eigenvalue weighted by molar-refractivity contribution is 5.89. The quantitative estimate of drug-likeness (QED) is 0.701. The minimum absolute atomic E-state index is 0.237. The molecule has 7 heteroatoms. The molecule has 2 amide bonds. The van der Waals surface area contributed by atoms with Gasteiger partial charge in [0.25, 0.3) is 0 Å². The molecule has 0 radical (unpaired) electrons. The topological polar surface area (TPSA) is 67.6 Å². The minimum atomic E-state index is -0.303. The number of hydrogen-bond acceptors (Lipinski definition) is 4. The Kier molecular flexibility index (Phi) is 5.71. The van der Waals surface area contributed by atoms with Crippen molar-refractivity contribution in [2.45, 2.75) is 20.1 Å². The number of anilines is 1. The summed E-state index contributed by atoms with van der Waals surface area (Å²) >= 11 is 0. The normalized spacial score (nSPS) is 10.5. The van der Waals surface area contributed by atoms with Crippen molar-refractivity contribution in [2.75, 3.05) is 12.4 Å². The Bertz CT molecular complexity index is 926. The number of carbonyl (C=O) groups is 1. The Labute approximate surface area is 156 Å². The summed E-state index contributed by atoms with van der Waals surface area (Å²) in [5, 5.41) is 6.68. The van der Waals surface area contributed by atoms with Crippen molar-refractivity contribution >= 4 is 11.7 Å². The molecule has 0 fully saturated rings. The lowest BCUT2D eigenvalue weighted by Gasteiger charge is -2.17. The van der Waals surface area contributed by atoms with Gasteiger partial charge in [-0.3, -0.25) is 0 Å². The van der Waals surface area contributed by atoms with Crippen LogP contribution in [0.3, 0.4) is 0 Å². The van der Waals surface area contributed by atoms with Gasteiger partial charge in [-0.05, 0) is 36.8 Å². The second-order valence-electron chi connectivity index (χ2n) is 6.16. The van der Waals surface area contributed by atoms with E-state index in [1.807, 2.05) is 0 Å². The summed E-state index contributed by atoms with van der Waals surface area (Å²) < 4.78 is 23.9. The number of ether oxygens (including phenoxy) is 1. The maximum atomic E-state index is 13.2. The summed E-state index contributed by atoms with van der Waals surface area (Å²) in [6.07, 6.45) is 0. The summed E-state index contributed by atoms with van der Waals surface area (Å²) in [7, 11) is 1.67. The molecule has 27 heavy (non-hydrogen) atoms. The zero-order chi connectivity index (χ0) is 19.2. The first kappa shape index (κ1) is 18.4. The van der Waals surface area contributed by atoms with E-state index in [1.54, 1.807) is 56.4 Å². The van der Waals surface area contributed by atoms with Crippen molar-refractivity contribution in [1.82, 2.24) is 10.1 Å². The molecule has 0 bridgehead atoms. The molecule has 0 unspecified atom stereocenters. The van der Waals surface area contributed by atoms with Gasteiger partial charge in [0.2, 0.25) is 0 Å². The number of amides is 2. The molecule has 6 nitrogen and oxygen atoms in total. The molecule has 1 aromatic heterocycles. The fraction of sp³-hybridized carbons (Fsp3) is 0.200. The first-order valence-corrected chi connectivity index (χ1v) is 8.41. The van der Waals surface area contributed by atoms with Crippen LogP contribution in [-0.2, 0) is 13.2 Å². The van der Waals surface area contributed by atoms with Crippen molar-refractivity contribution < 1.29 is 18.4 Å². The summed E-state index contributed by atoms with van der Waals surface area (Å²) in [5.74, 6) is 0.969. The van der Waals surface area contributed by atoms with Crippen molar-refractivity contribution in [3.05, 3.63) is 77.4 Å². The third kappa shape index (κ3) is 5.31. The van der Waals surface area contributed by atoms with Crippen LogP contribution < -0.4 is 10.1 Å². The highest BCUT2D eigenvalue weighted by atomic mass is 19.1. The van der Waals surface area contributed by atoms with Crippen LogP contribution in [-0.4, -0.2) is 23.1 Å². The number of aryl methyl sites for hydroxylation is 1. The number of carbonyl (C=O) groups excluding carboxylic acids is 1. The fourth-order valence-electron chi connectivity index (χ4n) is 2.48. The van der Waals surface area contributed by atoms with E-state index < -0.39 is 0 Å². The van der Waals surface area contributed by atoms with Crippen molar-refractivity contribution in [1.29, 1.82) is 0 Å². The third-order valence-corrected chi connectivity index (χ3v) is 3.80. The van der Waals surface area contributed by atoms with Gasteiger partial charge in [0, 0.05) is 24.9 Å². The Balaban J connectivity index is 1.57. The molecular weight excluding hydrogens is 349 g/mol. The molecule has 3 rings (SSSR count). The average Bonchev–Trinajstić information content (AvgIpc) is 3.05. The largest absolute Gasteiger partial charge is 0.489 e. The molecule has 1 N–H and O–H groups in total. The van der Waals surface area contributed by atoms with Crippen LogP contribution >= 0.6 is 0 Å². The number of urea groups is 1. The molecule has 3 aromatic rings. The third-order valence-electron chi connectivity index (χ3n) is 3.80. The highest BCUT2D eigenvalue weighted by Crippen LogP contribution is 2.19. The molecule has 0 aliphatic carbocycles. The number of hydrogen-bond donors (Lipinski definition) is 1. The molecule has 0 saturated heterocycles. The van der Waals surface area contributed by atoms with Crippen LogP contribution in [0.15, 0.2) is 59.1 Å². The number of rotatable bonds is 6. The van der Waals surface area contributed by atoms with Crippen LogP contribution in [0.2, 0.25) is 0 Å². The number of aromatic nitrogens is 1. The van der Waals surface area contributed by atoms with Gasteiger partial charge < -0.3 is 19.5 Å². The predicted octanol–water partition coefficient (Wildman–Crippen LogP) is 4.37. The average molecular weight is 369 g/mol. The van der Waals surface area contributed by atoms with E-state index in [9.17, 15) is 9.18 Å². The Hall–Kier alpha value is -3.35. The van der Waals surface area contributed by atoms with Gasteiger partial charge in [0.15, 0.2) is 0 Å². The first-order chi connectivity index (χ1) is 13.0.